The number of rotatable bonds is 9. The Bertz CT molecular complexity index is 1340. The number of aromatic amines is 2. The van der Waals surface area contributed by atoms with Crippen LogP contribution in [-0.2, 0) is 11.3 Å². The zero-order chi connectivity index (χ0) is 24.9. The maximum absolute atomic E-state index is 12.7. The number of nitrogens with zero attached hydrogens (tertiary/aromatic N) is 4. The number of fused-ring (bicyclic) bond motifs is 1. The van der Waals surface area contributed by atoms with Gasteiger partial charge in [-0.05, 0) is 42.3 Å². The molecule has 188 valence electrons. The van der Waals surface area contributed by atoms with Crippen molar-refractivity contribution in [2.45, 2.75) is 20.4 Å². The summed E-state index contributed by atoms with van der Waals surface area (Å²) in [6.07, 6.45) is 5.37. The lowest BCUT2D eigenvalue weighted by atomic mass is 9.98. The summed E-state index contributed by atoms with van der Waals surface area (Å²) < 4.78 is 5.37. The normalized spacial score (nSPS) is 14.4. The Morgan fingerprint density at radius 2 is 2.06 bits per heavy atom. The number of carbonyl (C=O) groups is 1. The lowest BCUT2D eigenvalue weighted by molar-refractivity contribution is 0.0383. The molecule has 1 aromatic carbocycles. The van der Waals surface area contributed by atoms with E-state index >= 15 is 0 Å². The van der Waals surface area contributed by atoms with Crippen molar-refractivity contribution in [3.8, 4) is 22.6 Å². The number of hydrogen-bond donors (Lipinski definition) is 4. The van der Waals surface area contributed by atoms with Crippen molar-refractivity contribution in [1.82, 2.24) is 40.7 Å². The van der Waals surface area contributed by atoms with Gasteiger partial charge in [-0.25, -0.2) is 4.98 Å². The molecule has 10 heteroatoms. The molecule has 5 rings (SSSR count). The van der Waals surface area contributed by atoms with E-state index in [-0.39, 0.29) is 5.91 Å². The molecule has 0 atom stereocenters. The van der Waals surface area contributed by atoms with Crippen molar-refractivity contribution < 1.29 is 9.53 Å². The number of hydrogen-bond acceptors (Lipinski definition) is 7. The van der Waals surface area contributed by atoms with Gasteiger partial charge in [-0.1, -0.05) is 13.0 Å². The highest BCUT2D eigenvalue weighted by Crippen LogP contribution is 2.31. The zero-order valence-electron chi connectivity index (χ0n) is 20.7. The summed E-state index contributed by atoms with van der Waals surface area (Å²) >= 11 is 0. The molecule has 1 saturated heterocycles. The lowest BCUT2D eigenvalue weighted by Crippen LogP contribution is -2.41. The van der Waals surface area contributed by atoms with E-state index < -0.39 is 0 Å². The van der Waals surface area contributed by atoms with E-state index in [0.29, 0.717) is 23.8 Å². The van der Waals surface area contributed by atoms with Crippen LogP contribution in [0.25, 0.3) is 33.5 Å². The first-order chi connectivity index (χ1) is 17.6. The number of nitrogens with one attached hydrogen (secondary N) is 4. The van der Waals surface area contributed by atoms with Crippen molar-refractivity contribution in [3.05, 3.63) is 53.6 Å². The number of ether oxygens (including phenoxy) is 1. The minimum Gasteiger partial charge on any atom is -0.379 e. The molecule has 0 aliphatic carbocycles. The summed E-state index contributed by atoms with van der Waals surface area (Å²) in [5, 5.41) is 14.8. The van der Waals surface area contributed by atoms with Crippen molar-refractivity contribution in [2.24, 2.45) is 0 Å². The Hall–Kier alpha value is -3.60. The van der Waals surface area contributed by atoms with Gasteiger partial charge in [0.05, 0.1) is 24.9 Å². The molecule has 0 saturated carbocycles. The van der Waals surface area contributed by atoms with Gasteiger partial charge in [-0.15, -0.1) is 0 Å². The van der Waals surface area contributed by atoms with Crippen LogP contribution >= 0.6 is 0 Å². The molecule has 4 heterocycles. The number of morpholine rings is 1. The number of carbonyl (C=O) groups excluding carboxylic acids is 1. The van der Waals surface area contributed by atoms with E-state index in [1.54, 1.807) is 6.20 Å². The van der Waals surface area contributed by atoms with Crippen LogP contribution in [0.2, 0.25) is 0 Å². The number of amides is 1. The molecule has 10 nitrogen and oxygen atoms in total. The molecule has 0 radical (unpaired) electrons. The van der Waals surface area contributed by atoms with Crippen LogP contribution in [0.4, 0.5) is 0 Å². The fourth-order valence-electron chi connectivity index (χ4n) is 4.46. The minimum atomic E-state index is -0.179. The minimum absolute atomic E-state index is 0.179. The molecule has 0 bridgehead atoms. The van der Waals surface area contributed by atoms with Crippen LogP contribution in [0.3, 0.4) is 0 Å². The largest absolute Gasteiger partial charge is 0.379 e. The Labute approximate surface area is 209 Å². The van der Waals surface area contributed by atoms with Crippen LogP contribution in [0.15, 0.2) is 36.8 Å². The number of pyridine rings is 1. The highest BCUT2D eigenvalue weighted by atomic mass is 16.5. The zero-order valence-corrected chi connectivity index (χ0v) is 20.7. The van der Waals surface area contributed by atoms with Gasteiger partial charge in [0, 0.05) is 56.1 Å². The van der Waals surface area contributed by atoms with Crippen molar-refractivity contribution >= 4 is 16.8 Å². The van der Waals surface area contributed by atoms with E-state index in [1.807, 2.05) is 18.5 Å². The van der Waals surface area contributed by atoms with Gasteiger partial charge in [0.1, 0.15) is 11.4 Å². The molecule has 1 fully saturated rings. The second-order valence-corrected chi connectivity index (χ2v) is 8.94. The summed E-state index contributed by atoms with van der Waals surface area (Å²) in [5.41, 5.74) is 6.50. The van der Waals surface area contributed by atoms with Crippen LogP contribution < -0.4 is 10.6 Å². The van der Waals surface area contributed by atoms with Crippen LogP contribution in [0.5, 0.6) is 0 Å². The van der Waals surface area contributed by atoms with Gasteiger partial charge in [-0.3, -0.25) is 19.8 Å². The molecule has 4 N–H and O–H groups in total. The monoisotopic (exact) mass is 488 g/mol. The Kier molecular flexibility index (Phi) is 7.36. The summed E-state index contributed by atoms with van der Waals surface area (Å²) in [6.45, 7) is 10.6. The third-order valence-corrected chi connectivity index (χ3v) is 6.62. The van der Waals surface area contributed by atoms with Gasteiger partial charge >= 0.3 is 0 Å². The second kappa shape index (κ2) is 11.0. The van der Waals surface area contributed by atoms with Crippen LogP contribution in [-0.4, -0.2) is 81.9 Å². The van der Waals surface area contributed by atoms with Gasteiger partial charge in [-0.2, -0.15) is 5.10 Å². The molecule has 3 aromatic heterocycles. The maximum Gasteiger partial charge on any atom is 0.269 e. The highest BCUT2D eigenvalue weighted by molar-refractivity contribution is 5.96. The Morgan fingerprint density at radius 1 is 1.19 bits per heavy atom. The maximum atomic E-state index is 12.7. The van der Waals surface area contributed by atoms with E-state index in [9.17, 15) is 4.79 Å². The molecule has 1 aliphatic rings. The molecular formula is C26H32N8O2. The van der Waals surface area contributed by atoms with E-state index in [1.165, 1.54) is 11.1 Å². The molecule has 4 aromatic rings. The fourth-order valence-corrected chi connectivity index (χ4v) is 4.46. The predicted octanol–water partition coefficient (Wildman–Crippen LogP) is 2.49. The molecule has 0 spiro atoms. The predicted molar refractivity (Wildman–Crippen MR) is 139 cm³/mol. The first kappa shape index (κ1) is 24.1. The molecule has 1 amide bonds. The molecule has 36 heavy (non-hydrogen) atoms. The number of benzene rings is 1. The summed E-state index contributed by atoms with van der Waals surface area (Å²) in [6, 6.07) is 6.18. The first-order valence-corrected chi connectivity index (χ1v) is 12.4. The Balaban J connectivity index is 1.34. The lowest BCUT2D eigenvalue weighted by Gasteiger charge is -2.26. The van der Waals surface area contributed by atoms with Crippen LogP contribution in [0.1, 0.15) is 28.5 Å². The van der Waals surface area contributed by atoms with E-state index in [2.05, 4.69) is 66.7 Å². The number of imidazole rings is 1. The van der Waals surface area contributed by atoms with Crippen LogP contribution in [0, 0.1) is 6.92 Å². The van der Waals surface area contributed by atoms with Crippen molar-refractivity contribution in [1.29, 1.82) is 0 Å². The smallest absolute Gasteiger partial charge is 0.269 e. The van der Waals surface area contributed by atoms with Crippen molar-refractivity contribution in [2.75, 3.05) is 45.9 Å². The third-order valence-electron chi connectivity index (χ3n) is 6.62. The van der Waals surface area contributed by atoms with Crippen molar-refractivity contribution in [3.63, 3.8) is 0 Å². The SMILES string of the molecule is CCNCc1cncc(-c2ccc3[nH]nc(-c4ncc(C(=O)NCCN5CCOCC5)[nH]4)c3c2)c1C. The molecule has 0 unspecified atom stereocenters. The fraction of sp³-hybridized carbons (Fsp3) is 0.385. The number of H-pyrrole nitrogens is 2. The molecular weight excluding hydrogens is 456 g/mol. The van der Waals surface area contributed by atoms with Gasteiger partial charge in [0.15, 0.2) is 5.82 Å². The third kappa shape index (κ3) is 5.15. The van der Waals surface area contributed by atoms with Gasteiger partial charge in [0.2, 0.25) is 0 Å². The molecule has 1 aliphatic heterocycles. The second-order valence-electron chi connectivity index (χ2n) is 8.94. The van der Waals surface area contributed by atoms with E-state index in [4.69, 9.17) is 4.74 Å². The van der Waals surface area contributed by atoms with Gasteiger partial charge < -0.3 is 20.4 Å². The average molecular weight is 489 g/mol. The standard InChI is InChI=1S/C26H32N8O2/c1-3-27-13-19-14-28-15-21(17(19)2)18-4-5-22-20(12-18)24(33-32-22)25-30-16-23(31-25)26(35)29-6-7-34-8-10-36-11-9-34/h4-5,12,14-16,27H,3,6-11,13H2,1-2H3,(H,29,35)(H,30,31)(H,32,33). The quantitative estimate of drug-likeness (QED) is 0.285. The number of aromatic nitrogens is 5. The summed E-state index contributed by atoms with van der Waals surface area (Å²) in [5.74, 6) is 0.370. The Morgan fingerprint density at radius 3 is 2.89 bits per heavy atom. The van der Waals surface area contributed by atoms with Gasteiger partial charge in [0.25, 0.3) is 5.91 Å². The summed E-state index contributed by atoms with van der Waals surface area (Å²) in [4.78, 5) is 27.0. The first-order valence-electron chi connectivity index (χ1n) is 12.4. The average Bonchev–Trinajstić information content (AvgIpc) is 3.56. The van der Waals surface area contributed by atoms with E-state index in [0.717, 1.165) is 68.0 Å². The topological polar surface area (TPSA) is 124 Å². The highest BCUT2D eigenvalue weighted by Gasteiger charge is 2.17. The summed E-state index contributed by atoms with van der Waals surface area (Å²) in [7, 11) is 0.